The minimum Gasteiger partial charge on any atom is -0.394 e. The summed E-state index contributed by atoms with van der Waals surface area (Å²) in [5, 5.41) is 13.3. The van der Waals surface area contributed by atoms with Crippen molar-refractivity contribution in [3.63, 3.8) is 0 Å². The van der Waals surface area contributed by atoms with Crippen LogP contribution in [0.15, 0.2) is 6.20 Å². The second kappa shape index (κ2) is 7.35. The number of rotatable bonds is 5. The van der Waals surface area contributed by atoms with Gasteiger partial charge in [0.2, 0.25) is 0 Å². The van der Waals surface area contributed by atoms with Crippen LogP contribution in [0, 0.1) is 5.92 Å². The molecule has 0 saturated carbocycles. The Hall–Kier alpha value is -1.54. The van der Waals surface area contributed by atoms with Gasteiger partial charge in [0.05, 0.1) is 30.9 Å². The summed E-state index contributed by atoms with van der Waals surface area (Å²) in [6.07, 6.45) is -2.02. The minimum atomic E-state index is -2.76. The van der Waals surface area contributed by atoms with E-state index in [2.05, 4.69) is 5.10 Å². The lowest BCUT2D eigenvalue weighted by atomic mass is 10.1. The van der Waals surface area contributed by atoms with Gasteiger partial charge in [0.1, 0.15) is 0 Å². The maximum absolute atomic E-state index is 13.3. The van der Waals surface area contributed by atoms with Crippen molar-refractivity contribution in [2.75, 3.05) is 19.8 Å². The summed E-state index contributed by atoms with van der Waals surface area (Å²) in [6.45, 7) is 6.33. The van der Waals surface area contributed by atoms with E-state index in [1.807, 2.05) is 13.8 Å². The van der Waals surface area contributed by atoms with E-state index in [0.717, 1.165) is 0 Å². The number of halogens is 2. The van der Waals surface area contributed by atoms with Gasteiger partial charge in [-0.15, -0.1) is 0 Å². The van der Waals surface area contributed by atoms with Crippen LogP contribution in [0.4, 0.5) is 8.78 Å². The van der Waals surface area contributed by atoms with E-state index in [1.165, 1.54) is 15.8 Å². The highest BCUT2D eigenvalue weighted by molar-refractivity contribution is 5.94. The van der Waals surface area contributed by atoms with Crippen LogP contribution in [0.1, 0.15) is 43.2 Å². The first-order valence-corrected chi connectivity index (χ1v) is 7.72. The van der Waals surface area contributed by atoms with Crippen LogP contribution in [0.3, 0.4) is 0 Å². The molecule has 2 rings (SSSR count). The van der Waals surface area contributed by atoms with Crippen LogP contribution in [-0.4, -0.2) is 57.6 Å². The molecule has 0 bridgehead atoms. The standard InChI is InChI=1S/C15H23F2N3O3/c1-9(2)4-19-6-12(14(16)17)13(18-19)15(22)20-5-11(7-21)23-8-10(20)3/h6,9-11,14,21H,4-5,7-8H2,1-3H3. The van der Waals surface area contributed by atoms with Gasteiger partial charge in [-0.25, -0.2) is 8.78 Å². The molecule has 1 aliphatic rings. The number of hydrogen-bond donors (Lipinski definition) is 1. The van der Waals surface area contributed by atoms with E-state index in [-0.39, 0.29) is 43.0 Å². The molecule has 0 aliphatic carbocycles. The molecule has 130 valence electrons. The van der Waals surface area contributed by atoms with Gasteiger partial charge in [-0.05, 0) is 12.8 Å². The topological polar surface area (TPSA) is 67.6 Å². The predicted molar refractivity (Wildman–Crippen MR) is 79.3 cm³/mol. The zero-order valence-corrected chi connectivity index (χ0v) is 13.6. The molecule has 6 nitrogen and oxygen atoms in total. The van der Waals surface area contributed by atoms with Crippen molar-refractivity contribution >= 4 is 5.91 Å². The molecule has 1 aromatic heterocycles. The van der Waals surface area contributed by atoms with Crippen molar-refractivity contribution in [2.24, 2.45) is 5.92 Å². The molecule has 1 amide bonds. The normalized spacial score (nSPS) is 22.2. The molecule has 1 aliphatic heterocycles. The molecule has 1 N–H and O–H groups in total. The Morgan fingerprint density at radius 1 is 1.52 bits per heavy atom. The number of aromatic nitrogens is 2. The van der Waals surface area contributed by atoms with Crippen LogP contribution < -0.4 is 0 Å². The number of aliphatic hydroxyl groups excluding tert-OH is 1. The molecule has 2 heterocycles. The van der Waals surface area contributed by atoms with Gasteiger partial charge < -0.3 is 14.7 Å². The van der Waals surface area contributed by atoms with Crippen molar-refractivity contribution in [1.29, 1.82) is 0 Å². The van der Waals surface area contributed by atoms with Gasteiger partial charge in [0.25, 0.3) is 12.3 Å². The molecule has 0 radical (unpaired) electrons. The Bertz CT molecular complexity index is 548. The first-order valence-electron chi connectivity index (χ1n) is 7.72. The smallest absolute Gasteiger partial charge is 0.275 e. The summed E-state index contributed by atoms with van der Waals surface area (Å²) in [4.78, 5) is 14.1. The molecule has 1 fully saturated rings. The Labute approximate surface area is 134 Å². The Morgan fingerprint density at radius 2 is 2.22 bits per heavy atom. The van der Waals surface area contributed by atoms with Gasteiger partial charge in [0, 0.05) is 19.3 Å². The van der Waals surface area contributed by atoms with E-state index >= 15 is 0 Å². The van der Waals surface area contributed by atoms with Gasteiger partial charge in [-0.3, -0.25) is 9.48 Å². The van der Waals surface area contributed by atoms with Gasteiger partial charge >= 0.3 is 0 Å². The molecular weight excluding hydrogens is 308 g/mol. The number of morpholine rings is 1. The molecule has 2 unspecified atom stereocenters. The van der Waals surface area contributed by atoms with Crippen LogP contribution in [0.25, 0.3) is 0 Å². The Kier molecular flexibility index (Phi) is 5.69. The molecule has 23 heavy (non-hydrogen) atoms. The van der Waals surface area contributed by atoms with E-state index in [0.29, 0.717) is 6.54 Å². The second-order valence-corrected chi connectivity index (χ2v) is 6.29. The van der Waals surface area contributed by atoms with Gasteiger partial charge in [0.15, 0.2) is 5.69 Å². The van der Waals surface area contributed by atoms with Crippen LogP contribution in [0.2, 0.25) is 0 Å². The summed E-state index contributed by atoms with van der Waals surface area (Å²) in [6, 6.07) is -0.258. The van der Waals surface area contributed by atoms with Crippen molar-refractivity contribution in [2.45, 2.75) is 45.9 Å². The lowest BCUT2D eigenvalue weighted by molar-refractivity contribution is -0.0669. The lowest BCUT2D eigenvalue weighted by Gasteiger charge is -2.37. The molecule has 0 aromatic carbocycles. The fourth-order valence-electron chi connectivity index (χ4n) is 2.58. The third kappa shape index (κ3) is 4.06. The fraction of sp³-hybridized carbons (Fsp3) is 0.733. The number of alkyl halides is 2. The fourth-order valence-corrected chi connectivity index (χ4v) is 2.58. The number of hydrogen-bond acceptors (Lipinski definition) is 4. The summed E-state index contributed by atoms with van der Waals surface area (Å²) in [7, 11) is 0. The number of carbonyl (C=O) groups is 1. The van der Waals surface area contributed by atoms with Crippen LogP contribution in [-0.2, 0) is 11.3 Å². The molecule has 8 heteroatoms. The summed E-state index contributed by atoms with van der Waals surface area (Å²) in [5.74, 6) is -0.318. The predicted octanol–water partition coefficient (Wildman–Crippen LogP) is 1.70. The second-order valence-electron chi connectivity index (χ2n) is 6.29. The highest BCUT2D eigenvalue weighted by Crippen LogP contribution is 2.25. The monoisotopic (exact) mass is 331 g/mol. The minimum absolute atomic E-state index is 0.163. The maximum atomic E-state index is 13.3. The average molecular weight is 331 g/mol. The summed E-state index contributed by atoms with van der Waals surface area (Å²) >= 11 is 0. The third-order valence-electron chi connectivity index (χ3n) is 3.75. The highest BCUT2D eigenvalue weighted by atomic mass is 19.3. The van der Waals surface area contributed by atoms with Gasteiger partial charge in [-0.1, -0.05) is 13.8 Å². The zero-order chi connectivity index (χ0) is 17.1. The maximum Gasteiger partial charge on any atom is 0.275 e. The van der Waals surface area contributed by atoms with Crippen molar-refractivity contribution in [3.05, 3.63) is 17.5 Å². The number of nitrogens with zero attached hydrogens (tertiary/aromatic N) is 3. The zero-order valence-electron chi connectivity index (χ0n) is 13.6. The first kappa shape index (κ1) is 17.8. The summed E-state index contributed by atoms with van der Waals surface area (Å²) in [5.41, 5.74) is -0.569. The Balaban J connectivity index is 2.27. The molecule has 1 aromatic rings. The van der Waals surface area contributed by atoms with E-state index in [1.54, 1.807) is 6.92 Å². The van der Waals surface area contributed by atoms with E-state index in [9.17, 15) is 18.7 Å². The molecule has 0 spiro atoms. The number of ether oxygens (including phenoxy) is 1. The number of aliphatic hydroxyl groups is 1. The SMILES string of the molecule is CC(C)Cn1cc(C(F)F)c(C(=O)N2CC(CO)OCC2C)n1. The number of amides is 1. The quantitative estimate of drug-likeness (QED) is 0.892. The van der Waals surface area contributed by atoms with E-state index in [4.69, 9.17) is 4.74 Å². The van der Waals surface area contributed by atoms with Crippen molar-refractivity contribution in [1.82, 2.24) is 14.7 Å². The van der Waals surface area contributed by atoms with Gasteiger partial charge in [-0.2, -0.15) is 5.10 Å². The molecular formula is C15H23F2N3O3. The number of carbonyl (C=O) groups excluding carboxylic acids is 1. The van der Waals surface area contributed by atoms with Crippen molar-refractivity contribution in [3.8, 4) is 0 Å². The van der Waals surface area contributed by atoms with Crippen LogP contribution in [0.5, 0.6) is 0 Å². The first-order chi connectivity index (χ1) is 10.8. The molecule has 1 saturated heterocycles. The highest BCUT2D eigenvalue weighted by Gasteiger charge is 2.34. The Morgan fingerprint density at radius 3 is 2.78 bits per heavy atom. The third-order valence-corrected chi connectivity index (χ3v) is 3.75. The van der Waals surface area contributed by atoms with E-state index < -0.39 is 18.4 Å². The van der Waals surface area contributed by atoms with Crippen LogP contribution >= 0.6 is 0 Å². The van der Waals surface area contributed by atoms with Crippen molar-refractivity contribution < 1.29 is 23.4 Å². The lowest BCUT2D eigenvalue weighted by Crippen LogP contribution is -2.52. The average Bonchev–Trinajstić information content (AvgIpc) is 2.90. The molecule has 2 atom stereocenters. The summed E-state index contributed by atoms with van der Waals surface area (Å²) < 4.78 is 33.3. The largest absolute Gasteiger partial charge is 0.394 e.